The molecule has 1 atom stereocenters. The zero-order valence-electron chi connectivity index (χ0n) is 14.8. The Bertz CT molecular complexity index is 495. The van der Waals surface area contributed by atoms with Gasteiger partial charge in [0.15, 0.2) is 0 Å². The molecule has 140 valence electrons. The van der Waals surface area contributed by atoms with Crippen LogP contribution in [-0.4, -0.2) is 37.2 Å². The van der Waals surface area contributed by atoms with E-state index < -0.39 is 18.1 Å². The summed E-state index contributed by atoms with van der Waals surface area (Å²) in [5, 5.41) is 2.57. The Balaban J connectivity index is 2.50. The Morgan fingerprint density at radius 1 is 1.04 bits per heavy atom. The van der Waals surface area contributed by atoms with Gasteiger partial charge >= 0.3 is 12.1 Å². The second-order valence-corrected chi connectivity index (χ2v) is 6.17. The number of unbranched alkanes of at least 4 members (excludes halogenated alkanes) is 4. The number of rotatable bonds is 12. The van der Waals surface area contributed by atoms with Crippen molar-refractivity contribution in [1.82, 2.24) is 5.32 Å². The van der Waals surface area contributed by atoms with Gasteiger partial charge in [0.05, 0.1) is 12.5 Å². The lowest BCUT2D eigenvalue weighted by Gasteiger charge is -2.17. The van der Waals surface area contributed by atoms with Gasteiger partial charge in [-0.15, -0.1) is 11.6 Å². The molecule has 1 aromatic rings. The van der Waals surface area contributed by atoms with Gasteiger partial charge in [0.1, 0.15) is 12.6 Å². The van der Waals surface area contributed by atoms with E-state index in [1.165, 1.54) is 12.8 Å². The molecule has 1 N–H and O–H groups in total. The van der Waals surface area contributed by atoms with Crippen LogP contribution in [0.3, 0.4) is 0 Å². The number of alkyl halides is 1. The van der Waals surface area contributed by atoms with Crippen molar-refractivity contribution >= 4 is 23.7 Å². The molecule has 0 aliphatic heterocycles. The number of alkyl carbamates (subject to hydrolysis) is 1. The molecule has 0 saturated carbocycles. The first-order valence-electron chi connectivity index (χ1n) is 8.87. The van der Waals surface area contributed by atoms with E-state index in [9.17, 15) is 9.59 Å². The number of hydrogen-bond acceptors (Lipinski definition) is 4. The van der Waals surface area contributed by atoms with Crippen molar-refractivity contribution in [3.63, 3.8) is 0 Å². The first kappa shape index (κ1) is 21.3. The summed E-state index contributed by atoms with van der Waals surface area (Å²) >= 11 is 5.50. The molecular weight excluding hydrogens is 342 g/mol. The molecular formula is C19H28ClNO4. The molecule has 0 aromatic heterocycles. The van der Waals surface area contributed by atoms with Gasteiger partial charge in [-0.25, -0.2) is 9.59 Å². The van der Waals surface area contributed by atoms with Crippen LogP contribution in [0.5, 0.6) is 0 Å². The van der Waals surface area contributed by atoms with Crippen molar-refractivity contribution in [3.8, 4) is 0 Å². The Hall–Kier alpha value is -1.75. The maximum Gasteiger partial charge on any atom is 0.407 e. The summed E-state index contributed by atoms with van der Waals surface area (Å²) in [6.07, 6.45) is 5.07. The standard InChI is InChI=1S/C19H28ClNO4/c1-2-3-4-5-9-13-24-18(22)17(21-19(23)25-14-12-20)15-16-10-7-6-8-11-16/h6-8,10-11,17H,2-5,9,12-15H2,1H3,(H,21,23). The van der Waals surface area contributed by atoms with Gasteiger partial charge in [0.25, 0.3) is 0 Å². The number of carbonyl (C=O) groups is 2. The predicted molar refractivity (Wildman–Crippen MR) is 98.9 cm³/mol. The monoisotopic (exact) mass is 369 g/mol. The normalized spacial score (nSPS) is 11.6. The lowest BCUT2D eigenvalue weighted by atomic mass is 10.1. The van der Waals surface area contributed by atoms with Crippen LogP contribution in [0.2, 0.25) is 0 Å². The number of amides is 1. The molecule has 0 spiro atoms. The van der Waals surface area contributed by atoms with Crippen LogP contribution in [0.15, 0.2) is 30.3 Å². The highest BCUT2D eigenvalue weighted by Crippen LogP contribution is 2.07. The fourth-order valence-corrected chi connectivity index (χ4v) is 2.41. The van der Waals surface area contributed by atoms with E-state index in [0.29, 0.717) is 13.0 Å². The average Bonchev–Trinajstić information content (AvgIpc) is 2.63. The Kier molecular flexibility index (Phi) is 11.5. The summed E-state index contributed by atoms with van der Waals surface area (Å²) in [5.41, 5.74) is 0.935. The summed E-state index contributed by atoms with van der Waals surface area (Å²) in [6, 6.07) is 8.69. The van der Waals surface area contributed by atoms with E-state index in [2.05, 4.69) is 12.2 Å². The molecule has 1 amide bonds. The number of benzene rings is 1. The quantitative estimate of drug-likeness (QED) is 0.342. The van der Waals surface area contributed by atoms with Crippen molar-refractivity contribution in [1.29, 1.82) is 0 Å². The molecule has 1 unspecified atom stereocenters. The van der Waals surface area contributed by atoms with Crippen LogP contribution in [0.4, 0.5) is 4.79 Å². The fourth-order valence-electron chi connectivity index (χ4n) is 2.34. The molecule has 0 heterocycles. The topological polar surface area (TPSA) is 64.6 Å². The van der Waals surface area contributed by atoms with Gasteiger partial charge in [-0.3, -0.25) is 0 Å². The minimum absolute atomic E-state index is 0.0952. The maximum atomic E-state index is 12.3. The summed E-state index contributed by atoms with van der Waals surface area (Å²) in [4.78, 5) is 24.1. The predicted octanol–water partition coefficient (Wildman–Crippen LogP) is 4.08. The molecule has 6 heteroatoms. The largest absolute Gasteiger partial charge is 0.464 e. The number of ether oxygens (including phenoxy) is 2. The Morgan fingerprint density at radius 2 is 1.76 bits per heavy atom. The van der Waals surface area contributed by atoms with Crippen molar-refractivity contribution in [2.45, 2.75) is 51.5 Å². The molecule has 0 aliphatic carbocycles. The molecule has 0 radical (unpaired) electrons. The molecule has 0 aliphatic rings. The molecule has 1 aromatic carbocycles. The van der Waals surface area contributed by atoms with Gasteiger partial charge < -0.3 is 14.8 Å². The maximum absolute atomic E-state index is 12.3. The number of hydrogen-bond donors (Lipinski definition) is 1. The van der Waals surface area contributed by atoms with Gasteiger partial charge in [-0.1, -0.05) is 62.9 Å². The zero-order chi connectivity index (χ0) is 18.3. The molecule has 0 saturated heterocycles. The van der Waals surface area contributed by atoms with Gasteiger partial charge in [-0.2, -0.15) is 0 Å². The smallest absolute Gasteiger partial charge is 0.407 e. The van der Waals surface area contributed by atoms with E-state index in [0.717, 1.165) is 24.8 Å². The van der Waals surface area contributed by atoms with Crippen LogP contribution in [0.1, 0.15) is 44.6 Å². The number of nitrogens with one attached hydrogen (secondary N) is 1. The van der Waals surface area contributed by atoms with Crippen molar-refractivity contribution in [2.24, 2.45) is 0 Å². The fraction of sp³-hybridized carbons (Fsp3) is 0.579. The van der Waals surface area contributed by atoms with E-state index in [-0.39, 0.29) is 12.5 Å². The molecule has 0 bridgehead atoms. The molecule has 0 fully saturated rings. The van der Waals surface area contributed by atoms with Crippen LogP contribution < -0.4 is 5.32 Å². The summed E-state index contributed by atoms with van der Waals surface area (Å²) in [5.74, 6) is -0.235. The Morgan fingerprint density at radius 3 is 2.44 bits per heavy atom. The minimum Gasteiger partial charge on any atom is -0.464 e. The number of carbonyl (C=O) groups excluding carboxylic acids is 2. The highest BCUT2D eigenvalue weighted by atomic mass is 35.5. The van der Waals surface area contributed by atoms with Gasteiger partial charge in [-0.05, 0) is 12.0 Å². The van der Waals surface area contributed by atoms with Gasteiger partial charge in [0, 0.05) is 6.42 Å². The third kappa shape index (κ3) is 9.97. The van der Waals surface area contributed by atoms with Crippen molar-refractivity contribution in [2.75, 3.05) is 19.1 Å². The van der Waals surface area contributed by atoms with Crippen LogP contribution in [-0.2, 0) is 20.7 Å². The highest BCUT2D eigenvalue weighted by Gasteiger charge is 2.23. The third-order valence-electron chi connectivity index (χ3n) is 3.66. The van der Waals surface area contributed by atoms with Crippen molar-refractivity contribution in [3.05, 3.63) is 35.9 Å². The second-order valence-electron chi connectivity index (χ2n) is 5.79. The Labute approximate surface area is 155 Å². The number of halogens is 1. The first-order chi connectivity index (χ1) is 12.2. The van der Waals surface area contributed by atoms with E-state index >= 15 is 0 Å². The first-order valence-corrected chi connectivity index (χ1v) is 9.40. The minimum atomic E-state index is -0.777. The van der Waals surface area contributed by atoms with Crippen molar-refractivity contribution < 1.29 is 19.1 Å². The molecule has 1 rings (SSSR count). The average molecular weight is 370 g/mol. The van der Waals surface area contributed by atoms with Crippen LogP contribution >= 0.6 is 11.6 Å². The third-order valence-corrected chi connectivity index (χ3v) is 3.82. The van der Waals surface area contributed by atoms with E-state index in [4.69, 9.17) is 21.1 Å². The van der Waals surface area contributed by atoms with E-state index in [1.807, 2.05) is 30.3 Å². The SMILES string of the molecule is CCCCCCCOC(=O)C(Cc1ccccc1)NC(=O)OCCCl. The zero-order valence-corrected chi connectivity index (χ0v) is 15.6. The lowest BCUT2D eigenvalue weighted by molar-refractivity contribution is -0.146. The second kappa shape index (κ2) is 13.5. The summed E-state index contributed by atoms with van der Waals surface area (Å²) < 4.78 is 10.2. The van der Waals surface area contributed by atoms with Crippen LogP contribution in [0.25, 0.3) is 0 Å². The van der Waals surface area contributed by atoms with Gasteiger partial charge in [0.2, 0.25) is 0 Å². The van der Waals surface area contributed by atoms with Crippen LogP contribution in [0, 0.1) is 0 Å². The van der Waals surface area contributed by atoms with E-state index in [1.54, 1.807) is 0 Å². The lowest BCUT2D eigenvalue weighted by Crippen LogP contribution is -2.43. The number of esters is 1. The molecule has 5 nitrogen and oxygen atoms in total. The summed E-state index contributed by atoms with van der Waals surface area (Å²) in [6.45, 7) is 2.62. The molecule has 25 heavy (non-hydrogen) atoms. The highest BCUT2D eigenvalue weighted by molar-refractivity contribution is 6.18. The summed E-state index contributed by atoms with van der Waals surface area (Å²) in [7, 11) is 0.